The molecule has 0 atom stereocenters. The van der Waals surface area contributed by atoms with Gasteiger partial charge in [0.2, 0.25) is 0 Å². The zero-order valence-electron chi connectivity index (χ0n) is 10.8. The maximum absolute atomic E-state index is 5.57. The number of nitrogens with one attached hydrogen (secondary N) is 1. The van der Waals surface area contributed by atoms with Gasteiger partial charge in [0.1, 0.15) is 11.6 Å². The first-order chi connectivity index (χ1) is 9.76. The molecule has 0 aliphatic rings. The van der Waals surface area contributed by atoms with Gasteiger partial charge >= 0.3 is 0 Å². The molecule has 20 heavy (non-hydrogen) atoms. The van der Waals surface area contributed by atoms with Gasteiger partial charge in [0.25, 0.3) is 0 Å². The number of benzene rings is 1. The van der Waals surface area contributed by atoms with Crippen LogP contribution in [0.2, 0.25) is 0 Å². The van der Waals surface area contributed by atoms with E-state index in [0.29, 0.717) is 5.82 Å². The Balaban J connectivity index is 1.89. The predicted octanol–water partition coefficient (Wildman–Crippen LogP) is 2.97. The molecule has 0 aliphatic heterocycles. The molecular weight excluding hydrogens is 290 g/mol. The quantitative estimate of drug-likeness (QED) is 0.438. The Morgan fingerprint density at radius 2 is 2.15 bits per heavy atom. The summed E-state index contributed by atoms with van der Waals surface area (Å²) in [6.45, 7) is 1.89. The van der Waals surface area contributed by atoms with Crippen LogP contribution in [-0.2, 0) is 5.75 Å². The van der Waals surface area contributed by atoms with Crippen molar-refractivity contribution in [2.75, 3.05) is 5.43 Å². The Labute approximate surface area is 124 Å². The van der Waals surface area contributed by atoms with E-state index in [-0.39, 0.29) is 0 Å². The lowest BCUT2D eigenvalue weighted by atomic mass is 10.1. The molecule has 2 heterocycles. The molecule has 0 saturated carbocycles. The Kier molecular flexibility index (Phi) is 3.81. The number of aryl methyl sites for hydroxylation is 1. The van der Waals surface area contributed by atoms with Gasteiger partial charge < -0.3 is 5.43 Å². The molecule has 5 nitrogen and oxygen atoms in total. The van der Waals surface area contributed by atoms with Crippen LogP contribution in [0.5, 0.6) is 0 Å². The van der Waals surface area contributed by atoms with Crippen molar-refractivity contribution in [3.05, 3.63) is 41.7 Å². The summed E-state index contributed by atoms with van der Waals surface area (Å²) in [7, 11) is 0. The number of pyridine rings is 1. The summed E-state index contributed by atoms with van der Waals surface area (Å²) < 4.78 is 5.13. The molecule has 0 aliphatic carbocycles. The number of nitrogens with zero attached hydrogens (tertiary/aromatic N) is 3. The zero-order chi connectivity index (χ0) is 13.9. The van der Waals surface area contributed by atoms with Gasteiger partial charge in [0, 0.05) is 16.7 Å². The molecule has 3 N–H and O–H groups in total. The van der Waals surface area contributed by atoms with Crippen molar-refractivity contribution < 1.29 is 0 Å². The second kappa shape index (κ2) is 5.74. The molecule has 0 spiro atoms. The first kappa shape index (κ1) is 13.3. The van der Waals surface area contributed by atoms with Crippen LogP contribution >= 0.6 is 23.3 Å². The number of fused-ring (bicyclic) bond motifs is 1. The molecular formula is C13H13N5S2. The number of para-hydroxylation sites is 1. The van der Waals surface area contributed by atoms with Crippen LogP contribution in [0, 0.1) is 6.92 Å². The molecule has 2 aromatic heterocycles. The number of thioether (sulfide) groups is 1. The van der Waals surface area contributed by atoms with Gasteiger partial charge in [-0.1, -0.05) is 30.0 Å². The minimum Gasteiger partial charge on any atom is -0.308 e. The smallest absolute Gasteiger partial charge is 0.170 e. The largest absolute Gasteiger partial charge is 0.308 e. The highest BCUT2D eigenvalue weighted by atomic mass is 32.2. The lowest BCUT2D eigenvalue weighted by molar-refractivity contribution is 1.10. The third-order valence-corrected chi connectivity index (χ3v) is 4.77. The van der Waals surface area contributed by atoms with E-state index < -0.39 is 0 Å². The first-order valence-corrected chi connectivity index (χ1v) is 7.80. The Bertz CT molecular complexity index is 740. The van der Waals surface area contributed by atoms with Gasteiger partial charge in [0.05, 0.1) is 5.52 Å². The highest BCUT2D eigenvalue weighted by Gasteiger charge is 2.08. The summed E-state index contributed by atoms with van der Waals surface area (Å²) in [5, 5.41) is 1.11. The Morgan fingerprint density at radius 3 is 2.90 bits per heavy atom. The standard InChI is InChI=1S/C13H13N5S2/c1-8-15-13(20-18-8)19-7-10-6-9-4-2-3-5-11(9)16-12(10)17-14/h2-6H,7,14H2,1H3,(H,16,17). The van der Waals surface area contributed by atoms with Crippen molar-refractivity contribution in [1.82, 2.24) is 14.3 Å². The maximum atomic E-state index is 5.57. The summed E-state index contributed by atoms with van der Waals surface area (Å²) in [6, 6.07) is 10.1. The number of hydrazine groups is 1. The average molecular weight is 303 g/mol. The summed E-state index contributed by atoms with van der Waals surface area (Å²) in [5.41, 5.74) is 4.66. The van der Waals surface area contributed by atoms with E-state index in [9.17, 15) is 0 Å². The van der Waals surface area contributed by atoms with E-state index >= 15 is 0 Å². The third kappa shape index (κ3) is 2.74. The summed E-state index contributed by atoms with van der Waals surface area (Å²) >= 11 is 3.06. The van der Waals surface area contributed by atoms with Crippen molar-refractivity contribution in [2.45, 2.75) is 17.0 Å². The third-order valence-electron chi connectivity index (χ3n) is 2.80. The SMILES string of the molecule is Cc1nsc(SCc2cc3ccccc3nc2NN)n1. The lowest BCUT2D eigenvalue weighted by Gasteiger charge is -2.08. The number of rotatable bonds is 4. The van der Waals surface area contributed by atoms with Crippen LogP contribution in [0.25, 0.3) is 10.9 Å². The van der Waals surface area contributed by atoms with Gasteiger partial charge in [-0.25, -0.2) is 15.8 Å². The average Bonchev–Trinajstić information content (AvgIpc) is 2.89. The molecule has 0 fully saturated rings. The predicted molar refractivity (Wildman–Crippen MR) is 83.8 cm³/mol. The number of anilines is 1. The highest BCUT2D eigenvalue weighted by Crippen LogP contribution is 2.28. The number of nitrogens with two attached hydrogens (primary N) is 1. The fraction of sp³-hybridized carbons (Fsp3) is 0.154. The van der Waals surface area contributed by atoms with E-state index in [1.54, 1.807) is 11.8 Å². The van der Waals surface area contributed by atoms with Crippen molar-refractivity contribution in [1.29, 1.82) is 0 Å². The number of aromatic nitrogens is 3. The second-order valence-corrected chi connectivity index (χ2v) is 6.20. The van der Waals surface area contributed by atoms with E-state index in [0.717, 1.165) is 32.4 Å². The second-order valence-electron chi connectivity index (χ2n) is 4.23. The minimum atomic E-state index is 0.706. The van der Waals surface area contributed by atoms with Crippen molar-refractivity contribution in [3.63, 3.8) is 0 Å². The number of nitrogen functional groups attached to an aromatic ring is 1. The fourth-order valence-electron chi connectivity index (χ4n) is 1.87. The van der Waals surface area contributed by atoms with Crippen LogP contribution in [0.15, 0.2) is 34.7 Å². The molecule has 0 unspecified atom stereocenters. The van der Waals surface area contributed by atoms with Gasteiger partial charge in [-0.15, -0.1) is 0 Å². The van der Waals surface area contributed by atoms with Crippen molar-refractivity contribution in [2.24, 2.45) is 5.84 Å². The van der Waals surface area contributed by atoms with Gasteiger partial charge in [-0.2, -0.15) is 4.37 Å². The molecule has 1 aromatic carbocycles. The summed E-state index contributed by atoms with van der Waals surface area (Å²) in [5.74, 6) is 7.84. The van der Waals surface area contributed by atoms with Gasteiger partial charge in [-0.05, 0) is 30.6 Å². The van der Waals surface area contributed by atoms with Crippen LogP contribution in [0.4, 0.5) is 5.82 Å². The normalized spacial score (nSPS) is 10.9. The Hall–Kier alpha value is -1.70. The topological polar surface area (TPSA) is 76.7 Å². The Morgan fingerprint density at radius 1 is 1.30 bits per heavy atom. The van der Waals surface area contributed by atoms with E-state index in [4.69, 9.17) is 5.84 Å². The molecule has 3 aromatic rings. The summed E-state index contributed by atoms with van der Waals surface area (Å²) in [4.78, 5) is 8.87. The van der Waals surface area contributed by atoms with Gasteiger partial charge in [0.15, 0.2) is 4.34 Å². The van der Waals surface area contributed by atoms with Crippen LogP contribution in [-0.4, -0.2) is 14.3 Å². The molecule has 102 valence electrons. The maximum Gasteiger partial charge on any atom is 0.170 e. The molecule has 7 heteroatoms. The van der Waals surface area contributed by atoms with Crippen LogP contribution in [0.3, 0.4) is 0 Å². The molecule has 0 amide bonds. The van der Waals surface area contributed by atoms with Gasteiger partial charge in [-0.3, -0.25) is 0 Å². The first-order valence-electron chi connectivity index (χ1n) is 6.04. The number of hydrogen-bond acceptors (Lipinski definition) is 7. The number of hydrogen-bond donors (Lipinski definition) is 2. The highest BCUT2D eigenvalue weighted by molar-refractivity contribution is 8.00. The van der Waals surface area contributed by atoms with Crippen LogP contribution in [0.1, 0.15) is 11.4 Å². The molecule has 0 bridgehead atoms. The molecule has 0 radical (unpaired) electrons. The zero-order valence-corrected chi connectivity index (χ0v) is 12.5. The molecule has 3 rings (SSSR count). The lowest BCUT2D eigenvalue weighted by Crippen LogP contribution is -2.11. The molecule has 0 saturated heterocycles. The van der Waals surface area contributed by atoms with Crippen LogP contribution < -0.4 is 11.3 Å². The summed E-state index contributed by atoms with van der Waals surface area (Å²) in [6.07, 6.45) is 0. The monoisotopic (exact) mass is 303 g/mol. The van der Waals surface area contributed by atoms with E-state index in [1.807, 2.05) is 31.2 Å². The fourth-order valence-corrected chi connectivity index (χ4v) is 3.49. The van der Waals surface area contributed by atoms with E-state index in [1.165, 1.54) is 11.5 Å². The van der Waals surface area contributed by atoms with Crippen molar-refractivity contribution >= 4 is 40.0 Å². The van der Waals surface area contributed by atoms with E-state index in [2.05, 4.69) is 25.8 Å². The van der Waals surface area contributed by atoms with Crippen molar-refractivity contribution in [3.8, 4) is 0 Å². The minimum absolute atomic E-state index is 0.706.